The second-order valence-electron chi connectivity index (χ2n) is 3.69. The molecule has 0 aromatic rings. The molecule has 82 valence electrons. The molecule has 1 atom stereocenters. The SMILES string of the molecule is CCOCCC(=O)N1CCC[C@@H](N)C1. The number of carbonyl (C=O) groups is 1. The number of hydrogen-bond donors (Lipinski definition) is 1. The lowest BCUT2D eigenvalue weighted by Gasteiger charge is -2.30. The van der Waals surface area contributed by atoms with Gasteiger partial charge in [0, 0.05) is 25.7 Å². The molecule has 1 aliphatic heterocycles. The van der Waals surface area contributed by atoms with E-state index in [1.54, 1.807) is 0 Å². The molecule has 1 heterocycles. The highest BCUT2D eigenvalue weighted by atomic mass is 16.5. The maximum atomic E-state index is 11.6. The normalized spacial score (nSPS) is 22.4. The first-order chi connectivity index (χ1) is 6.74. The molecule has 4 heteroatoms. The number of piperidine rings is 1. The second kappa shape index (κ2) is 5.98. The minimum Gasteiger partial charge on any atom is -0.381 e. The Hall–Kier alpha value is -0.610. The van der Waals surface area contributed by atoms with Crippen molar-refractivity contribution in [3.05, 3.63) is 0 Å². The van der Waals surface area contributed by atoms with Crippen molar-refractivity contribution in [3.63, 3.8) is 0 Å². The second-order valence-corrected chi connectivity index (χ2v) is 3.69. The Balaban J connectivity index is 2.22. The fourth-order valence-corrected chi connectivity index (χ4v) is 1.70. The van der Waals surface area contributed by atoms with Gasteiger partial charge >= 0.3 is 0 Å². The molecular formula is C10H20N2O2. The van der Waals surface area contributed by atoms with Crippen molar-refractivity contribution < 1.29 is 9.53 Å². The maximum absolute atomic E-state index is 11.6. The van der Waals surface area contributed by atoms with Gasteiger partial charge in [0.1, 0.15) is 0 Å². The van der Waals surface area contributed by atoms with E-state index in [9.17, 15) is 4.79 Å². The molecule has 0 unspecified atom stereocenters. The summed E-state index contributed by atoms with van der Waals surface area (Å²) < 4.78 is 5.14. The van der Waals surface area contributed by atoms with Crippen LogP contribution in [-0.4, -0.2) is 43.2 Å². The van der Waals surface area contributed by atoms with Crippen LogP contribution in [0.2, 0.25) is 0 Å². The highest BCUT2D eigenvalue weighted by molar-refractivity contribution is 5.76. The molecule has 1 fully saturated rings. The van der Waals surface area contributed by atoms with Crippen LogP contribution in [0.5, 0.6) is 0 Å². The van der Waals surface area contributed by atoms with Crippen LogP contribution in [0.25, 0.3) is 0 Å². The van der Waals surface area contributed by atoms with Crippen LogP contribution in [0.1, 0.15) is 26.2 Å². The number of hydrogen-bond acceptors (Lipinski definition) is 3. The van der Waals surface area contributed by atoms with Crippen molar-refractivity contribution in [2.24, 2.45) is 5.73 Å². The van der Waals surface area contributed by atoms with E-state index < -0.39 is 0 Å². The van der Waals surface area contributed by atoms with Gasteiger partial charge in [-0.3, -0.25) is 4.79 Å². The lowest BCUT2D eigenvalue weighted by Crippen LogP contribution is -2.45. The predicted molar refractivity (Wildman–Crippen MR) is 54.9 cm³/mol. The minimum absolute atomic E-state index is 0.166. The third-order valence-corrected chi connectivity index (χ3v) is 2.47. The van der Waals surface area contributed by atoms with Gasteiger partial charge in [-0.25, -0.2) is 0 Å². The van der Waals surface area contributed by atoms with Crippen molar-refractivity contribution >= 4 is 5.91 Å². The van der Waals surface area contributed by atoms with Crippen LogP contribution in [0.15, 0.2) is 0 Å². The fraction of sp³-hybridized carbons (Fsp3) is 0.900. The highest BCUT2D eigenvalue weighted by Gasteiger charge is 2.20. The molecule has 0 radical (unpaired) electrons. The lowest BCUT2D eigenvalue weighted by molar-refractivity contribution is -0.133. The molecule has 0 bridgehead atoms. The van der Waals surface area contributed by atoms with E-state index in [4.69, 9.17) is 10.5 Å². The van der Waals surface area contributed by atoms with Crippen LogP contribution < -0.4 is 5.73 Å². The van der Waals surface area contributed by atoms with Crippen molar-refractivity contribution in [1.29, 1.82) is 0 Å². The summed E-state index contributed by atoms with van der Waals surface area (Å²) in [4.78, 5) is 13.5. The third-order valence-electron chi connectivity index (χ3n) is 2.47. The van der Waals surface area contributed by atoms with Crippen LogP contribution in [-0.2, 0) is 9.53 Å². The molecular weight excluding hydrogens is 180 g/mol. The first kappa shape index (κ1) is 11.5. The number of rotatable bonds is 4. The molecule has 0 aliphatic carbocycles. The molecule has 0 aromatic carbocycles. The first-order valence-electron chi connectivity index (χ1n) is 5.35. The van der Waals surface area contributed by atoms with E-state index in [-0.39, 0.29) is 11.9 Å². The van der Waals surface area contributed by atoms with Gasteiger partial charge in [0.05, 0.1) is 13.0 Å². The molecule has 2 N–H and O–H groups in total. The summed E-state index contributed by atoms with van der Waals surface area (Å²) in [7, 11) is 0. The largest absolute Gasteiger partial charge is 0.381 e. The number of likely N-dealkylation sites (tertiary alicyclic amines) is 1. The Morgan fingerprint density at radius 2 is 2.43 bits per heavy atom. The monoisotopic (exact) mass is 200 g/mol. The number of nitrogens with two attached hydrogens (primary N) is 1. The van der Waals surface area contributed by atoms with Crippen LogP contribution in [0, 0.1) is 0 Å². The van der Waals surface area contributed by atoms with Crippen molar-refractivity contribution in [3.8, 4) is 0 Å². The fourth-order valence-electron chi connectivity index (χ4n) is 1.70. The first-order valence-corrected chi connectivity index (χ1v) is 5.35. The standard InChI is InChI=1S/C10H20N2O2/c1-2-14-7-5-10(13)12-6-3-4-9(11)8-12/h9H,2-8,11H2,1H3/t9-/m1/s1. The van der Waals surface area contributed by atoms with Crippen LogP contribution in [0.4, 0.5) is 0 Å². The van der Waals surface area contributed by atoms with Crippen molar-refractivity contribution in [2.45, 2.75) is 32.2 Å². The summed E-state index contributed by atoms with van der Waals surface area (Å²) in [5.41, 5.74) is 5.79. The molecule has 1 amide bonds. The van der Waals surface area contributed by atoms with Crippen molar-refractivity contribution in [2.75, 3.05) is 26.3 Å². The zero-order valence-corrected chi connectivity index (χ0v) is 8.87. The number of nitrogens with zero attached hydrogens (tertiary/aromatic N) is 1. The Bertz CT molecular complexity index is 185. The van der Waals surface area contributed by atoms with Gasteiger partial charge in [-0.1, -0.05) is 0 Å². The van der Waals surface area contributed by atoms with Gasteiger partial charge in [0.15, 0.2) is 0 Å². The Labute approximate surface area is 85.4 Å². The zero-order valence-electron chi connectivity index (χ0n) is 8.87. The quantitative estimate of drug-likeness (QED) is 0.667. The molecule has 0 spiro atoms. The van der Waals surface area contributed by atoms with Gasteiger partial charge in [0.25, 0.3) is 0 Å². The smallest absolute Gasteiger partial charge is 0.224 e. The summed E-state index contributed by atoms with van der Waals surface area (Å²) in [6.45, 7) is 4.71. The topological polar surface area (TPSA) is 55.6 Å². The lowest BCUT2D eigenvalue weighted by atomic mass is 10.1. The van der Waals surface area contributed by atoms with Gasteiger partial charge in [-0.15, -0.1) is 0 Å². The molecule has 14 heavy (non-hydrogen) atoms. The van der Waals surface area contributed by atoms with E-state index in [0.717, 1.165) is 19.4 Å². The molecule has 0 saturated carbocycles. The number of carbonyl (C=O) groups excluding carboxylic acids is 1. The number of ether oxygens (including phenoxy) is 1. The summed E-state index contributed by atoms with van der Waals surface area (Å²) >= 11 is 0. The van der Waals surface area contributed by atoms with E-state index in [1.165, 1.54) is 0 Å². The Morgan fingerprint density at radius 1 is 1.64 bits per heavy atom. The number of amides is 1. The molecule has 1 rings (SSSR count). The Kier molecular flexibility index (Phi) is 4.90. The summed E-state index contributed by atoms with van der Waals surface area (Å²) in [6.07, 6.45) is 2.55. The van der Waals surface area contributed by atoms with Crippen molar-refractivity contribution in [1.82, 2.24) is 4.90 Å². The predicted octanol–water partition coefficient (Wildman–Crippen LogP) is 0.363. The van der Waals surface area contributed by atoms with E-state index in [0.29, 0.717) is 26.2 Å². The maximum Gasteiger partial charge on any atom is 0.224 e. The summed E-state index contributed by atoms with van der Waals surface area (Å²) in [5, 5.41) is 0. The van der Waals surface area contributed by atoms with E-state index in [1.807, 2.05) is 11.8 Å². The molecule has 1 saturated heterocycles. The van der Waals surface area contributed by atoms with Gasteiger partial charge in [0.2, 0.25) is 5.91 Å². The van der Waals surface area contributed by atoms with Gasteiger partial charge in [-0.2, -0.15) is 0 Å². The third kappa shape index (κ3) is 3.64. The highest BCUT2D eigenvalue weighted by Crippen LogP contribution is 2.09. The molecule has 0 aromatic heterocycles. The van der Waals surface area contributed by atoms with E-state index in [2.05, 4.69) is 0 Å². The molecule has 4 nitrogen and oxygen atoms in total. The van der Waals surface area contributed by atoms with Gasteiger partial charge in [-0.05, 0) is 19.8 Å². The zero-order chi connectivity index (χ0) is 10.4. The summed E-state index contributed by atoms with van der Waals surface area (Å²) in [5.74, 6) is 0.175. The van der Waals surface area contributed by atoms with Gasteiger partial charge < -0.3 is 15.4 Å². The average molecular weight is 200 g/mol. The Morgan fingerprint density at radius 3 is 3.07 bits per heavy atom. The van der Waals surface area contributed by atoms with Crippen LogP contribution >= 0.6 is 0 Å². The molecule has 1 aliphatic rings. The van der Waals surface area contributed by atoms with E-state index >= 15 is 0 Å². The summed E-state index contributed by atoms with van der Waals surface area (Å²) in [6, 6.07) is 0.166. The minimum atomic E-state index is 0.166. The average Bonchev–Trinajstić information content (AvgIpc) is 2.18. The van der Waals surface area contributed by atoms with Crippen LogP contribution in [0.3, 0.4) is 0 Å².